The first-order valence-electron chi connectivity index (χ1n) is 7.82. The molecule has 1 aromatic heterocycles. The van der Waals surface area contributed by atoms with Crippen molar-refractivity contribution in [3.8, 4) is 0 Å². The van der Waals surface area contributed by atoms with Crippen LogP contribution in [-0.2, 0) is 11.2 Å². The van der Waals surface area contributed by atoms with Crippen LogP contribution in [0.4, 0.5) is 5.69 Å². The molecule has 1 heterocycles. The molecule has 0 aliphatic heterocycles. The third-order valence-corrected chi connectivity index (χ3v) is 4.54. The van der Waals surface area contributed by atoms with Gasteiger partial charge in [0.15, 0.2) is 0 Å². The summed E-state index contributed by atoms with van der Waals surface area (Å²) in [6.45, 7) is 2.75. The van der Waals surface area contributed by atoms with Gasteiger partial charge in [-0.05, 0) is 42.5 Å². The predicted octanol–water partition coefficient (Wildman–Crippen LogP) is 2.53. The number of amides is 2. The van der Waals surface area contributed by atoms with E-state index in [1.807, 2.05) is 24.4 Å². The van der Waals surface area contributed by atoms with Gasteiger partial charge in [0.2, 0.25) is 5.91 Å². The van der Waals surface area contributed by atoms with E-state index in [-0.39, 0.29) is 18.4 Å². The van der Waals surface area contributed by atoms with Gasteiger partial charge >= 0.3 is 0 Å². The normalized spacial score (nSPS) is 10.3. The van der Waals surface area contributed by atoms with Gasteiger partial charge in [0, 0.05) is 36.8 Å². The van der Waals surface area contributed by atoms with Crippen LogP contribution in [0.3, 0.4) is 0 Å². The highest BCUT2D eigenvalue weighted by Crippen LogP contribution is 2.17. The number of hydrogen-bond donors (Lipinski definition) is 2. The van der Waals surface area contributed by atoms with E-state index in [4.69, 9.17) is 0 Å². The molecule has 5 nitrogen and oxygen atoms in total. The molecule has 24 heavy (non-hydrogen) atoms. The number of thiophene rings is 1. The molecule has 0 aliphatic carbocycles. The lowest BCUT2D eigenvalue weighted by Crippen LogP contribution is -2.31. The average molecular weight is 345 g/mol. The van der Waals surface area contributed by atoms with Gasteiger partial charge in [-0.3, -0.25) is 9.59 Å². The largest absolute Gasteiger partial charge is 0.376 e. The number of rotatable bonds is 7. The van der Waals surface area contributed by atoms with Crippen molar-refractivity contribution in [2.45, 2.75) is 13.3 Å². The number of carbonyl (C=O) groups is 2. The monoisotopic (exact) mass is 345 g/mol. The summed E-state index contributed by atoms with van der Waals surface area (Å²) in [7, 11) is 3.44. The molecule has 2 N–H and O–H groups in total. The minimum absolute atomic E-state index is 0.0570. The fourth-order valence-corrected chi connectivity index (χ4v) is 2.93. The number of benzene rings is 1. The van der Waals surface area contributed by atoms with E-state index in [0.29, 0.717) is 12.1 Å². The molecular weight excluding hydrogens is 322 g/mol. The number of aryl methyl sites for hydroxylation is 1. The molecule has 2 aromatic rings. The average Bonchev–Trinajstić information content (AvgIpc) is 3.06. The van der Waals surface area contributed by atoms with E-state index in [9.17, 15) is 9.59 Å². The van der Waals surface area contributed by atoms with E-state index in [2.05, 4.69) is 16.7 Å². The second-order valence-electron chi connectivity index (χ2n) is 5.76. The predicted molar refractivity (Wildman–Crippen MR) is 98.7 cm³/mol. The van der Waals surface area contributed by atoms with Crippen molar-refractivity contribution in [2.75, 3.05) is 32.5 Å². The van der Waals surface area contributed by atoms with Gasteiger partial charge in [-0.25, -0.2) is 0 Å². The molecule has 0 aliphatic rings. The van der Waals surface area contributed by atoms with Crippen molar-refractivity contribution in [1.82, 2.24) is 10.2 Å². The highest BCUT2D eigenvalue weighted by atomic mass is 32.1. The van der Waals surface area contributed by atoms with Gasteiger partial charge in [-0.15, -0.1) is 11.3 Å². The van der Waals surface area contributed by atoms with Crippen molar-refractivity contribution in [2.24, 2.45) is 0 Å². The van der Waals surface area contributed by atoms with Crippen LogP contribution >= 0.6 is 11.3 Å². The number of hydrogen-bond acceptors (Lipinski definition) is 4. The molecule has 0 saturated heterocycles. The molecule has 0 spiro atoms. The summed E-state index contributed by atoms with van der Waals surface area (Å²) in [4.78, 5) is 26.7. The first-order valence-corrected chi connectivity index (χ1v) is 8.70. The van der Waals surface area contributed by atoms with Crippen molar-refractivity contribution >= 4 is 28.8 Å². The Morgan fingerprint density at radius 3 is 2.67 bits per heavy atom. The summed E-state index contributed by atoms with van der Waals surface area (Å²) in [5.74, 6) is -0.117. The lowest BCUT2D eigenvalue weighted by atomic mass is 10.1. The Bertz CT molecular complexity index is 696. The Hall–Kier alpha value is -2.34. The van der Waals surface area contributed by atoms with Crippen LogP contribution in [0.2, 0.25) is 0 Å². The van der Waals surface area contributed by atoms with Crippen LogP contribution in [0.1, 0.15) is 20.8 Å². The Morgan fingerprint density at radius 1 is 1.21 bits per heavy atom. The molecule has 0 unspecified atom stereocenters. The summed E-state index contributed by atoms with van der Waals surface area (Å²) in [6, 6.07) is 9.54. The molecule has 2 rings (SSSR count). The van der Waals surface area contributed by atoms with E-state index >= 15 is 0 Å². The Morgan fingerprint density at radius 2 is 2.00 bits per heavy atom. The zero-order chi connectivity index (χ0) is 17.5. The topological polar surface area (TPSA) is 61.4 Å². The third kappa shape index (κ3) is 5.09. The number of nitrogens with one attached hydrogen (secondary N) is 2. The van der Waals surface area contributed by atoms with Crippen molar-refractivity contribution in [1.29, 1.82) is 0 Å². The molecule has 0 bridgehead atoms. The third-order valence-electron chi connectivity index (χ3n) is 3.60. The molecule has 2 amide bonds. The second-order valence-corrected chi connectivity index (χ2v) is 6.79. The second kappa shape index (κ2) is 8.49. The number of nitrogens with zero attached hydrogens (tertiary/aromatic N) is 1. The van der Waals surface area contributed by atoms with Gasteiger partial charge in [0.25, 0.3) is 5.91 Å². The summed E-state index contributed by atoms with van der Waals surface area (Å²) in [6.07, 6.45) is 0.843. The molecule has 0 saturated carbocycles. The Labute approximate surface area is 146 Å². The Balaban J connectivity index is 1.85. The number of anilines is 1. The van der Waals surface area contributed by atoms with Gasteiger partial charge < -0.3 is 15.5 Å². The van der Waals surface area contributed by atoms with Crippen LogP contribution in [0.25, 0.3) is 0 Å². The molecule has 0 radical (unpaired) electrons. The quantitative estimate of drug-likeness (QED) is 0.811. The van der Waals surface area contributed by atoms with Crippen molar-refractivity contribution < 1.29 is 9.59 Å². The van der Waals surface area contributed by atoms with Crippen molar-refractivity contribution in [3.63, 3.8) is 0 Å². The zero-order valence-electron chi connectivity index (χ0n) is 14.3. The minimum atomic E-state index is -0.0599. The smallest absolute Gasteiger partial charge is 0.253 e. The van der Waals surface area contributed by atoms with Crippen LogP contribution in [0.15, 0.2) is 35.7 Å². The maximum Gasteiger partial charge on any atom is 0.253 e. The van der Waals surface area contributed by atoms with Crippen LogP contribution in [0.5, 0.6) is 0 Å². The molecular formula is C18H23N3O2S. The maximum absolute atomic E-state index is 12.0. The highest BCUT2D eigenvalue weighted by Gasteiger charge is 2.10. The lowest BCUT2D eigenvalue weighted by molar-refractivity contribution is -0.119. The summed E-state index contributed by atoms with van der Waals surface area (Å²) < 4.78 is 0. The van der Waals surface area contributed by atoms with E-state index in [1.165, 1.54) is 9.78 Å². The van der Waals surface area contributed by atoms with E-state index in [0.717, 1.165) is 17.7 Å². The summed E-state index contributed by atoms with van der Waals surface area (Å²) >= 11 is 1.69. The molecule has 1 aromatic carbocycles. The minimum Gasteiger partial charge on any atom is -0.376 e. The fraction of sp³-hybridized carbons (Fsp3) is 0.333. The van der Waals surface area contributed by atoms with E-state index in [1.54, 1.807) is 37.6 Å². The SMILES string of the molecule is Cc1ccc(C(=O)N(C)C)cc1NCC(=O)NCCc1cccs1. The van der Waals surface area contributed by atoms with Gasteiger partial charge in [-0.1, -0.05) is 12.1 Å². The standard InChI is InChI=1S/C18H23N3O2S/c1-13-6-7-14(18(23)21(2)3)11-16(13)20-12-17(22)19-9-8-15-5-4-10-24-15/h4-7,10-11,20H,8-9,12H2,1-3H3,(H,19,22). The first kappa shape index (κ1) is 18.0. The zero-order valence-corrected chi connectivity index (χ0v) is 15.1. The lowest BCUT2D eigenvalue weighted by Gasteiger charge is -2.14. The van der Waals surface area contributed by atoms with Crippen molar-refractivity contribution in [3.05, 3.63) is 51.7 Å². The number of carbonyl (C=O) groups excluding carboxylic acids is 2. The van der Waals surface area contributed by atoms with Crippen LogP contribution in [0, 0.1) is 6.92 Å². The van der Waals surface area contributed by atoms with Crippen LogP contribution < -0.4 is 10.6 Å². The maximum atomic E-state index is 12.0. The molecule has 6 heteroatoms. The fourth-order valence-electron chi connectivity index (χ4n) is 2.22. The Kier molecular flexibility index (Phi) is 6.37. The summed E-state index contributed by atoms with van der Waals surface area (Å²) in [5, 5.41) is 8.04. The molecule has 0 fully saturated rings. The highest BCUT2D eigenvalue weighted by molar-refractivity contribution is 7.09. The van der Waals surface area contributed by atoms with Gasteiger partial charge in [0.1, 0.15) is 0 Å². The molecule has 0 atom stereocenters. The molecule has 128 valence electrons. The van der Waals surface area contributed by atoms with Gasteiger partial charge in [0.05, 0.1) is 6.54 Å². The van der Waals surface area contributed by atoms with Crippen LogP contribution in [-0.4, -0.2) is 43.9 Å². The van der Waals surface area contributed by atoms with E-state index < -0.39 is 0 Å². The van der Waals surface area contributed by atoms with Gasteiger partial charge in [-0.2, -0.15) is 0 Å². The first-order chi connectivity index (χ1) is 11.5. The summed E-state index contributed by atoms with van der Waals surface area (Å²) in [5.41, 5.74) is 2.40.